The van der Waals surface area contributed by atoms with Gasteiger partial charge >= 0.3 is 6.16 Å². The van der Waals surface area contributed by atoms with Gasteiger partial charge < -0.3 is 15.6 Å². The zero-order valence-corrected chi connectivity index (χ0v) is 6.04. The molecule has 1 saturated carbocycles. The van der Waals surface area contributed by atoms with E-state index in [4.69, 9.17) is 10.8 Å². The van der Waals surface area contributed by atoms with Gasteiger partial charge in [0.25, 0.3) is 0 Å². The molecule has 0 bridgehead atoms. The van der Waals surface area contributed by atoms with Gasteiger partial charge in [0.1, 0.15) is 0 Å². The minimum Gasteiger partial charge on any atom is -0.450 e. The summed E-state index contributed by atoms with van der Waals surface area (Å²) in [6.45, 7) is 1.85. The van der Waals surface area contributed by atoms with Crippen molar-refractivity contribution in [2.75, 3.05) is 6.61 Å². The van der Waals surface area contributed by atoms with Crippen molar-refractivity contribution in [2.24, 2.45) is 5.73 Å². The van der Waals surface area contributed by atoms with Gasteiger partial charge in [-0.2, -0.15) is 0 Å². The first-order chi connectivity index (χ1) is 4.66. The monoisotopic (exact) mass is 147 g/mol. The van der Waals surface area contributed by atoms with Crippen LogP contribution < -0.4 is 5.73 Å². The Morgan fingerprint density at radius 2 is 2.20 bits per heavy atom. The van der Waals surface area contributed by atoms with Crippen LogP contribution in [0.4, 0.5) is 4.79 Å². The van der Waals surface area contributed by atoms with Gasteiger partial charge in [-0.05, 0) is 19.8 Å². The van der Waals surface area contributed by atoms with Crippen molar-refractivity contribution >= 4 is 6.16 Å². The number of ether oxygens (including phenoxy) is 1. The zero-order chi connectivity index (χ0) is 7.98. The Bertz CT molecular complexity index is 101. The first-order valence-corrected chi connectivity index (χ1v) is 3.28. The number of hydrogen-bond donors (Lipinski definition) is 2. The SMILES string of the molecule is CCOC(=O)O.NC1CC1. The fourth-order valence-electron chi connectivity index (χ4n) is 0.220. The molecule has 0 aliphatic heterocycles. The van der Waals surface area contributed by atoms with E-state index in [1.165, 1.54) is 12.8 Å². The highest BCUT2D eigenvalue weighted by Gasteiger charge is 2.13. The Balaban J connectivity index is 0.000000172. The molecule has 0 aromatic heterocycles. The molecule has 0 saturated heterocycles. The van der Waals surface area contributed by atoms with Crippen molar-refractivity contribution in [3.63, 3.8) is 0 Å². The van der Waals surface area contributed by atoms with Crippen molar-refractivity contribution in [1.82, 2.24) is 0 Å². The number of nitrogens with two attached hydrogens (primary N) is 1. The second-order valence-corrected chi connectivity index (χ2v) is 2.04. The summed E-state index contributed by atoms with van der Waals surface area (Å²) in [5.74, 6) is 0. The summed E-state index contributed by atoms with van der Waals surface area (Å²) in [7, 11) is 0. The molecule has 1 aliphatic rings. The third-order valence-electron chi connectivity index (χ3n) is 0.890. The average molecular weight is 147 g/mol. The number of carbonyl (C=O) groups is 1. The lowest BCUT2D eigenvalue weighted by molar-refractivity contribution is 0.0966. The average Bonchev–Trinajstić information content (AvgIpc) is 2.52. The Labute approximate surface area is 60.0 Å². The Kier molecular flexibility index (Phi) is 4.66. The Hall–Kier alpha value is -0.770. The molecular formula is C6H13NO3. The maximum absolute atomic E-state index is 9.38. The van der Waals surface area contributed by atoms with Gasteiger partial charge in [-0.1, -0.05) is 0 Å². The van der Waals surface area contributed by atoms with E-state index >= 15 is 0 Å². The summed E-state index contributed by atoms with van der Waals surface area (Å²) < 4.78 is 3.96. The standard InChI is InChI=1S/C3H7N.C3H6O3/c4-3-1-2-3;1-2-6-3(4)5/h3H,1-2,4H2;2H2,1H3,(H,4,5). The number of carboxylic acid groups (broad SMARTS) is 1. The molecule has 0 atom stereocenters. The minimum absolute atomic E-state index is 0.231. The lowest BCUT2D eigenvalue weighted by Crippen LogP contribution is -1.97. The second kappa shape index (κ2) is 5.05. The van der Waals surface area contributed by atoms with E-state index in [-0.39, 0.29) is 6.61 Å². The molecule has 1 rings (SSSR count). The van der Waals surface area contributed by atoms with Crippen LogP contribution in [0.5, 0.6) is 0 Å². The highest BCUT2D eigenvalue weighted by atomic mass is 16.7. The minimum atomic E-state index is -1.21. The summed E-state index contributed by atoms with van der Waals surface area (Å²) in [6.07, 6.45) is 1.32. The number of hydrogen-bond acceptors (Lipinski definition) is 3. The third kappa shape index (κ3) is 10.3. The van der Waals surface area contributed by atoms with Gasteiger partial charge in [0.15, 0.2) is 0 Å². The predicted octanol–water partition coefficient (Wildman–Crippen LogP) is 0.808. The molecule has 4 heteroatoms. The van der Waals surface area contributed by atoms with Crippen LogP contribution in [0, 0.1) is 0 Å². The van der Waals surface area contributed by atoms with Crippen LogP contribution in [0.15, 0.2) is 0 Å². The molecule has 4 nitrogen and oxygen atoms in total. The van der Waals surface area contributed by atoms with Crippen LogP contribution in [-0.4, -0.2) is 23.9 Å². The van der Waals surface area contributed by atoms with Crippen LogP contribution in [-0.2, 0) is 4.74 Å². The van der Waals surface area contributed by atoms with E-state index in [0.717, 1.165) is 0 Å². The molecule has 0 aromatic carbocycles. The highest BCUT2D eigenvalue weighted by Crippen LogP contribution is 2.13. The zero-order valence-electron chi connectivity index (χ0n) is 6.04. The third-order valence-corrected chi connectivity index (χ3v) is 0.890. The smallest absolute Gasteiger partial charge is 0.450 e. The highest BCUT2D eigenvalue weighted by molar-refractivity contribution is 5.56. The summed E-state index contributed by atoms with van der Waals surface area (Å²) in [4.78, 5) is 9.38. The molecule has 10 heavy (non-hydrogen) atoms. The van der Waals surface area contributed by atoms with Crippen LogP contribution in [0.25, 0.3) is 0 Å². The van der Waals surface area contributed by atoms with Gasteiger partial charge in [-0.15, -0.1) is 0 Å². The van der Waals surface area contributed by atoms with E-state index in [2.05, 4.69) is 4.74 Å². The van der Waals surface area contributed by atoms with Gasteiger partial charge in [0.05, 0.1) is 6.61 Å². The maximum Gasteiger partial charge on any atom is 0.505 e. The maximum atomic E-state index is 9.38. The normalized spacial score (nSPS) is 15.0. The molecule has 60 valence electrons. The van der Waals surface area contributed by atoms with Crippen LogP contribution in [0.3, 0.4) is 0 Å². The van der Waals surface area contributed by atoms with Crippen molar-refractivity contribution < 1.29 is 14.6 Å². The van der Waals surface area contributed by atoms with Crippen molar-refractivity contribution in [3.05, 3.63) is 0 Å². The molecule has 0 amide bonds. The summed E-state index contributed by atoms with van der Waals surface area (Å²) in [6, 6.07) is 0.583. The summed E-state index contributed by atoms with van der Waals surface area (Å²) in [5, 5.41) is 7.69. The van der Waals surface area contributed by atoms with Gasteiger partial charge in [-0.3, -0.25) is 0 Å². The largest absolute Gasteiger partial charge is 0.505 e. The molecule has 0 aromatic rings. The predicted molar refractivity (Wildman–Crippen MR) is 36.9 cm³/mol. The second-order valence-electron chi connectivity index (χ2n) is 2.04. The molecular weight excluding hydrogens is 134 g/mol. The van der Waals surface area contributed by atoms with E-state index in [9.17, 15) is 4.79 Å². The Morgan fingerprint density at radius 1 is 1.80 bits per heavy atom. The molecule has 0 spiro atoms. The quantitative estimate of drug-likeness (QED) is 0.538. The lowest BCUT2D eigenvalue weighted by Gasteiger charge is -1.87. The molecule has 0 heterocycles. The molecule has 1 aliphatic carbocycles. The van der Waals surface area contributed by atoms with Crippen LogP contribution in [0.2, 0.25) is 0 Å². The van der Waals surface area contributed by atoms with E-state index < -0.39 is 6.16 Å². The molecule has 0 radical (unpaired) electrons. The molecule has 1 fully saturated rings. The number of rotatable bonds is 1. The fourth-order valence-corrected chi connectivity index (χ4v) is 0.220. The van der Waals surface area contributed by atoms with Crippen molar-refractivity contribution in [1.29, 1.82) is 0 Å². The van der Waals surface area contributed by atoms with Crippen LogP contribution >= 0.6 is 0 Å². The van der Waals surface area contributed by atoms with Gasteiger partial charge in [0, 0.05) is 6.04 Å². The van der Waals surface area contributed by atoms with E-state index in [1.54, 1.807) is 6.92 Å². The molecule has 3 N–H and O–H groups in total. The van der Waals surface area contributed by atoms with Gasteiger partial charge in [-0.25, -0.2) is 4.79 Å². The fraction of sp³-hybridized carbons (Fsp3) is 0.833. The van der Waals surface area contributed by atoms with Crippen molar-refractivity contribution in [2.45, 2.75) is 25.8 Å². The lowest BCUT2D eigenvalue weighted by atomic mass is 10.8. The first kappa shape index (κ1) is 9.23. The molecule has 0 unspecified atom stereocenters. The van der Waals surface area contributed by atoms with E-state index in [0.29, 0.717) is 6.04 Å². The van der Waals surface area contributed by atoms with Crippen molar-refractivity contribution in [3.8, 4) is 0 Å². The van der Waals surface area contributed by atoms with Crippen LogP contribution in [0.1, 0.15) is 19.8 Å². The first-order valence-electron chi connectivity index (χ1n) is 3.28. The topological polar surface area (TPSA) is 72.5 Å². The summed E-state index contributed by atoms with van der Waals surface area (Å²) in [5.41, 5.74) is 5.22. The summed E-state index contributed by atoms with van der Waals surface area (Å²) >= 11 is 0. The van der Waals surface area contributed by atoms with E-state index in [1.807, 2.05) is 0 Å². The van der Waals surface area contributed by atoms with Gasteiger partial charge in [0.2, 0.25) is 0 Å². The Morgan fingerprint density at radius 3 is 2.20 bits per heavy atom.